The molecule has 0 aliphatic heterocycles. The Morgan fingerprint density at radius 3 is 2.56 bits per heavy atom. The van der Waals surface area contributed by atoms with Gasteiger partial charge in [0, 0.05) is 22.4 Å². The second-order valence-electron chi connectivity index (χ2n) is 4.29. The Labute approximate surface area is 117 Å². The van der Waals surface area contributed by atoms with Gasteiger partial charge in [0.15, 0.2) is 0 Å². The molecule has 0 aliphatic carbocycles. The molecule has 0 unspecified atom stereocenters. The fourth-order valence-electron chi connectivity index (χ4n) is 2.03. The summed E-state index contributed by atoms with van der Waals surface area (Å²) < 4.78 is 1.02. The third-order valence-corrected chi connectivity index (χ3v) is 3.53. The van der Waals surface area contributed by atoms with Gasteiger partial charge >= 0.3 is 0 Å². The summed E-state index contributed by atoms with van der Waals surface area (Å²) in [6.45, 7) is 5.16. The molecule has 0 saturated heterocycles. The van der Waals surface area contributed by atoms with E-state index < -0.39 is 0 Å². The van der Waals surface area contributed by atoms with Gasteiger partial charge in [0.25, 0.3) is 0 Å². The molecule has 3 heteroatoms. The molecule has 2 rings (SSSR count). The number of benzene rings is 2. The van der Waals surface area contributed by atoms with Crippen LogP contribution in [-0.2, 0) is 0 Å². The largest absolute Gasteiger partial charge is 0.399 e. The maximum absolute atomic E-state index is 5.78. The van der Waals surface area contributed by atoms with E-state index in [0.717, 1.165) is 22.4 Å². The van der Waals surface area contributed by atoms with Gasteiger partial charge in [-0.15, -0.1) is 0 Å². The van der Waals surface area contributed by atoms with Crippen LogP contribution >= 0.6 is 15.9 Å². The zero-order chi connectivity index (χ0) is 13.1. The van der Waals surface area contributed by atoms with Gasteiger partial charge in [-0.3, -0.25) is 0 Å². The van der Waals surface area contributed by atoms with Crippen LogP contribution in [0.4, 0.5) is 17.1 Å². The van der Waals surface area contributed by atoms with Crippen LogP contribution in [0.25, 0.3) is 0 Å². The molecule has 0 bridgehead atoms. The lowest BCUT2D eigenvalue weighted by atomic mass is 10.2. The molecular weight excluding hydrogens is 288 g/mol. The summed E-state index contributed by atoms with van der Waals surface area (Å²) in [6.07, 6.45) is 0. The van der Waals surface area contributed by atoms with Crippen molar-refractivity contribution in [1.82, 2.24) is 0 Å². The molecule has 0 aliphatic rings. The predicted molar refractivity (Wildman–Crippen MR) is 82.4 cm³/mol. The summed E-state index contributed by atoms with van der Waals surface area (Å²) in [7, 11) is 0. The SMILES string of the molecule is CCN(c1cccc(C)c1)c1ccc(N)cc1Br. The molecule has 0 spiro atoms. The minimum Gasteiger partial charge on any atom is -0.399 e. The van der Waals surface area contributed by atoms with Crippen LogP contribution in [0.3, 0.4) is 0 Å². The normalized spacial score (nSPS) is 10.4. The molecule has 94 valence electrons. The molecule has 0 atom stereocenters. The first-order valence-corrected chi connectivity index (χ1v) is 6.80. The Hall–Kier alpha value is -1.48. The highest BCUT2D eigenvalue weighted by molar-refractivity contribution is 9.10. The zero-order valence-electron chi connectivity index (χ0n) is 10.7. The van der Waals surface area contributed by atoms with E-state index in [1.54, 1.807) is 0 Å². The molecule has 0 saturated carbocycles. The zero-order valence-corrected chi connectivity index (χ0v) is 12.2. The number of hydrogen-bond acceptors (Lipinski definition) is 2. The van der Waals surface area contributed by atoms with Crippen molar-refractivity contribution in [1.29, 1.82) is 0 Å². The summed E-state index contributed by atoms with van der Waals surface area (Å²) >= 11 is 3.58. The topological polar surface area (TPSA) is 29.3 Å². The van der Waals surface area contributed by atoms with E-state index in [0.29, 0.717) is 0 Å². The van der Waals surface area contributed by atoms with Crippen LogP contribution in [0.5, 0.6) is 0 Å². The minimum absolute atomic E-state index is 0.769. The van der Waals surface area contributed by atoms with Gasteiger partial charge in [-0.2, -0.15) is 0 Å². The number of hydrogen-bond donors (Lipinski definition) is 1. The molecule has 0 heterocycles. The Balaban J connectivity index is 2.45. The van der Waals surface area contributed by atoms with Crippen molar-refractivity contribution in [3.63, 3.8) is 0 Å². The van der Waals surface area contributed by atoms with Crippen molar-refractivity contribution in [2.45, 2.75) is 13.8 Å². The summed E-state index contributed by atoms with van der Waals surface area (Å²) in [6, 6.07) is 14.4. The van der Waals surface area contributed by atoms with Gasteiger partial charge < -0.3 is 10.6 Å². The summed E-state index contributed by atoms with van der Waals surface area (Å²) in [5.41, 5.74) is 10.1. The number of nitrogens with two attached hydrogens (primary N) is 1. The highest BCUT2D eigenvalue weighted by Gasteiger charge is 2.10. The molecule has 0 radical (unpaired) electrons. The van der Waals surface area contributed by atoms with Crippen molar-refractivity contribution >= 4 is 33.0 Å². The van der Waals surface area contributed by atoms with Gasteiger partial charge in [0.1, 0.15) is 0 Å². The highest BCUT2D eigenvalue weighted by atomic mass is 79.9. The number of halogens is 1. The molecule has 2 aromatic carbocycles. The number of aryl methyl sites for hydroxylation is 1. The van der Waals surface area contributed by atoms with Gasteiger partial charge in [0.2, 0.25) is 0 Å². The molecule has 2 nitrogen and oxygen atoms in total. The van der Waals surface area contributed by atoms with Gasteiger partial charge in [-0.1, -0.05) is 12.1 Å². The second-order valence-corrected chi connectivity index (χ2v) is 5.15. The lowest BCUT2D eigenvalue weighted by molar-refractivity contribution is 1.02. The second kappa shape index (κ2) is 5.44. The van der Waals surface area contributed by atoms with E-state index in [1.807, 2.05) is 18.2 Å². The van der Waals surface area contributed by atoms with Crippen molar-refractivity contribution in [3.05, 3.63) is 52.5 Å². The lowest BCUT2D eigenvalue weighted by Gasteiger charge is -2.25. The standard InChI is InChI=1S/C15H17BrN2/c1-3-18(13-6-4-5-11(2)9-13)15-8-7-12(17)10-14(15)16/h4-10H,3,17H2,1-2H3. The molecule has 2 N–H and O–H groups in total. The van der Waals surface area contributed by atoms with Crippen LogP contribution in [0.15, 0.2) is 46.9 Å². The highest BCUT2D eigenvalue weighted by Crippen LogP contribution is 2.33. The number of nitrogens with zero attached hydrogens (tertiary/aromatic N) is 1. The number of anilines is 3. The first-order valence-electron chi connectivity index (χ1n) is 6.01. The van der Waals surface area contributed by atoms with Crippen LogP contribution in [-0.4, -0.2) is 6.54 Å². The summed E-state index contributed by atoms with van der Waals surface area (Å²) in [4.78, 5) is 2.26. The Morgan fingerprint density at radius 2 is 1.94 bits per heavy atom. The van der Waals surface area contributed by atoms with E-state index in [-0.39, 0.29) is 0 Å². The third kappa shape index (κ3) is 2.67. The fraction of sp³-hybridized carbons (Fsp3) is 0.200. The molecular formula is C15H17BrN2. The summed E-state index contributed by atoms with van der Waals surface area (Å²) in [5, 5.41) is 0. The van der Waals surface area contributed by atoms with E-state index in [9.17, 15) is 0 Å². The van der Waals surface area contributed by atoms with Crippen LogP contribution in [0.1, 0.15) is 12.5 Å². The number of rotatable bonds is 3. The van der Waals surface area contributed by atoms with E-state index in [2.05, 4.69) is 58.9 Å². The Bertz CT molecular complexity index is 552. The van der Waals surface area contributed by atoms with Gasteiger partial charge in [-0.25, -0.2) is 0 Å². The molecule has 0 aromatic heterocycles. The molecule has 0 fully saturated rings. The van der Waals surface area contributed by atoms with Gasteiger partial charge in [-0.05, 0) is 65.7 Å². The van der Waals surface area contributed by atoms with E-state index in [1.165, 1.54) is 11.3 Å². The van der Waals surface area contributed by atoms with E-state index in [4.69, 9.17) is 5.73 Å². The molecule has 2 aromatic rings. The predicted octanol–water partition coefficient (Wildman–Crippen LogP) is 4.50. The van der Waals surface area contributed by atoms with Gasteiger partial charge in [0.05, 0.1) is 5.69 Å². The maximum atomic E-state index is 5.78. The van der Waals surface area contributed by atoms with Crippen LogP contribution in [0.2, 0.25) is 0 Å². The lowest BCUT2D eigenvalue weighted by Crippen LogP contribution is -2.16. The Kier molecular flexibility index (Phi) is 3.92. The molecule has 18 heavy (non-hydrogen) atoms. The average Bonchev–Trinajstić information content (AvgIpc) is 2.33. The average molecular weight is 305 g/mol. The third-order valence-electron chi connectivity index (χ3n) is 2.89. The van der Waals surface area contributed by atoms with Crippen molar-refractivity contribution < 1.29 is 0 Å². The van der Waals surface area contributed by atoms with Crippen molar-refractivity contribution in [2.75, 3.05) is 17.2 Å². The maximum Gasteiger partial charge on any atom is 0.0556 e. The van der Waals surface area contributed by atoms with Crippen molar-refractivity contribution in [3.8, 4) is 0 Å². The molecule has 0 amide bonds. The first kappa shape index (κ1) is 13.0. The number of nitrogen functional groups attached to an aromatic ring is 1. The van der Waals surface area contributed by atoms with E-state index >= 15 is 0 Å². The fourth-order valence-corrected chi connectivity index (χ4v) is 2.64. The summed E-state index contributed by atoms with van der Waals surface area (Å²) in [5.74, 6) is 0. The smallest absolute Gasteiger partial charge is 0.0556 e. The van der Waals surface area contributed by atoms with Crippen LogP contribution < -0.4 is 10.6 Å². The quantitative estimate of drug-likeness (QED) is 0.846. The van der Waals surface area contributed by atoms with Crippen molar-refractivity contribution in [2.24, 2.45) is 0 Å². The minimum atomic E-state index is 0.769. The Morgan fingerprint density at radius 1 is 1.17 bits per heavy atom. The van der Waals surface area contributed by atoms with Crippen LogP contribution in [0, 0.1) is 6.92 Å². The monoisotopic (exact) mass is 304 g/mol. The first-order chi connectivity index (χ1) is 8.61.